The van der Waals surface area contributed by atoms with E-state index in [0.717, 1.165) is 0 Å². The highest BCUT2D eigenvalue weighted by molar-refractivity contribution is 6.37. The molecule has 11 heteroatoms. The maximum absolute atomic E-state index is 12.4. The standard InChI is InChI=1S/C17H15Cl2N5O4/c1-23-8-13(14(22-23)17(26)27-2)20-16(25)12-6-7-24(21-12)9-28-15-10(18)4-3-5-11(15)19/h3-8H,9H2,1-2H3,(H,20,25). The van der Waals surface area contributed by atoms with Crippen LogP contribution < -0.4 is 10.1 Å². The summed E-state index contributed by atoms with van der Waals surface area (Å²) >= 11 is 12.1. The molecule has 0 fully saturated rings. The van der Waals surface area contributed by atoms with Crippen molar-refractivity contribution in [3.63, 3.8) is 0 Å². The van der Waals surface area contributed by atoms with Gasteiger partial charge in [0, 0.05) is 19.4 Å². The van der Waals surface area contributed by atoms with Gasteiger partial charge in [-0.15, -0.1) is 0 Å². The zero-order chi connectivity index (χ0) is 20.3. The highest BCUT2D eigenvalue weighted by Crippen LogP contribution is 2.32. The molecule has 0 unspecified atom stereocenters. The Kier molecular flexibility index (Phi) is 5.86. The molecule has 1 amide bonds. The predicted molar refractivity (Wildman–Crippen MR) is 102 cm³/mol. The second kappa shape index (κ2) is 8.32. The topological polar surface area (TPSA) is 100 Å². The van der Waals surface area contributed by atoms with Crippen LogP contribution in [0.2, 0.25) is 10.0 Å². The van der Waals surface area contributed by atoms with Crippen molar-refractivity contribution in [1.82, 2.24) is 19.6 Å². The number of aryl methyl sites for hydroxylation is 1. The maximum Gasteiger partial charge on any atom is 0.360 e. The number of rotatable bonds is 6. The third-order valence-electron chi connectivity index (χ3n) is 3.59. The van der Waals surface area contributed by atoms with Crippen molar-refractivity contribution < 1.29 is 19.1 Å². The van der Waals surface area contributed by atoms with Crippen LogP contribution in [0.1, 0.15) is 21.0 Å². The number of nitrogens with zero attached hydrogens (tertiary/aromatic N) is 4. The summed E-state index contributed by atoms with van der Waals surface area (Å²) in [6, 6.07) is 6.50. The first kappa shape index (κ1) is 19.7. The minimum Gasteiger partial charge on any atom is -0.468 e. The second-order valence-corrected chi connectivity index (χ2v) is 6.39. The molecule has 2 heterocycles. The fourth-order valence-electron chi connectivity index (χ4n) is 2.32. The van der Waals surface area contributed by atoms with Crippen LogP contribution in [0.4, 0.5) is 5.69 Å². The van der Waals surface area contributed by atoms with Gasteiger partial charge in [-0.1, -0.05) is 29.3 Å². The minimum absolute atomic E-state index is 0.00294. The lowest BCUT2D eigenvalue weighted by molar-refractivity contribution is 0.0594. The van der Waals surface area contributed by atoms with E-state index in [1.807, 2.05) is 0 Å². The van der Waals surface area contributed by atoms with Gasteiger partial charge in [-0.3, -0.25) is 9.48 Å². The van der Waals surface area contributed by atoms with E-state index in [0.29, 0.717) is 15.8 Å². The number of esters is 1. The van der Waals surface area contributed by atoms with E-state index in [1.165, 1.54) is 28.7 Å². The maximum atomic E-state index is 12.4. The Bertz CT molecular complexity index is 1010. The summed E-state index contributed by atoms with van der Waals surface area (Å²) in [4.78, 5) is 24.2. The first-order chi connectivity index (χ1) is 13.4. The summed E-state index contributed by atoms with van der Waals surface area (Å²) in [6.45, 7) is -0.00294. The second-order valence-electron chi connectivity index (χ2n) is 5.58. The zero-order valence-corrected chi connectivity index (χ0v) is 16.4. The third kappa shape index (κ3) is 4.26. The molecule has 0 aliphatic carbocycles. The van der Waals surface area contributed by atoms with Crippen LogP contribution in [0.25, 0.3) is 0 Å². The van der Waals surface area contributed by atoms with Crippen molar-refractivity contribution >= 4 is 40.8 Å². The molecule has 3 rings (SSSR count). The number of benzene rings is 1. The first-order valence-electron chi connectivity index (χ1n) is 7.92. The van der Waals surface area contributed by atoms with Crippen LogP contribution in [0.3, 0.4) is 0 Å². The normalized spacial score (nSPS) is 10.6. The van der Waals surface area contributed by atoms with E-state index >= 15 is 0 Å². The lowest BCUT2D eigenvalue weighted by atomic mass is 10.3. The van der Waals surface area contributed by atoms with Gasteiger partial charge in [-0.2, -0.15) is 10.2 Å². The third-order valence-corrected chi connectivity index (χ3v) is 4.18. The van der Waals surface area contributed by atoms with Gasteiger partial charge in [0.1, 0.15) is 0 Å². The van der Waals surface area contributed by atoms with E-state index in [9.17, 15) is 9.59 Å². The molecule has 1 aromatic carbocycles. The van der Waals surface area contributed by atoms with Crippen LogP contribution in [0, 0.1) is 0 Å². The number of methoxy groups -OCH3 is 1. The molecule has 9 nitrogen and oxygen atoms in total. The molecule has 2 aromatic heterocycles. The van der Waals surface area contributed by atoms with Crippen LogP contribution in [0.5, 0.6) is 5.75 Å². The molecular formula is C17H15Cl2N5O4. The molecule has 0 bridgehead atoms. The number of anilines is 1. The summed E-state index contributed by atoms with van der Waals surface area (Å²) < 4.78 is 13.0. The molecule has 0 radical (unpaired) electrons. The van der Waals surface area contributed by atoms with Gasteiger partial charge in [0.25, 0.3) is 5.91 Å². The molecule has 0 saturated heterocycles. The van der Waals surface area contributed by atoms with E-state index in [1.54, 1.807) is 31.4 Å². The highest BCUT2D eigenvalue weighted by Gasteiger charge is 2.20. The fourth-order valence-corrected chi connectivity index (χ4v) is 2.83. The smallest absolute Gasteiger partial charge is 0.360 e. The Morgan fingerprint density at radius 3 is 2.57 bits per heavy atom. The summed E-state index contributed by atoms with van der Waals surface area (Å²) in [5, 5.41) is 11.4. The van der Waals surface area contributed by atoms with Crippen LogP contribution >= 0.6 is 23.2 Å². The Morgan fingerprint density at radius 1 is 1.18 bits per heavy atom. The van der Waals surface area contributed by atoms with Gasteiger partial charge in [0.15, 0.2) is 23.9 Å². The quantitative estimate of drug-likeness (QED) is 0.611. The molecule has 0 atom stereocenters. The van der Waals surface area contributed by atoms with E-state index < -0.39 is 11.9 Å². The monoisotopic (exact) mass is 423 g/mol. The lowest BCUT2D eigenvalue weighted by Crippen LogP contribution is -2.16. The summed E-state index contributed by atoms with van der Waals surface area (Å²) in [6.07, 6.45) is 3.05. The van der Waals surface area contributed by atoms with Gasteiger partial charge in [0.2, 0.25) is 0 Å². The van der Waals surface area contributed by atoms with Crippen LogP contribution in [-0.4, -0.2) is 38.5 Å². The molecular weight excluding hydrogens is 409 g/mol. The molecule has 146 valence electrons. The van der Waals surface area contributed by atoms with Crippen molar-refractivity contribution in [2.24, 2.45) is 7.05 Å². The molecule has 0 spiro atoms. The van der Waals surface area contributed by atoms with Crippen molar-refractivity contribution in [3.05, 3.63) is 58.1 Å². The Balaban J connectivity index is 1.69. The van der Waals surface area contributed by atoms with Gasteiger partial charge in [-0.25, -0.2) is 9.48 Å². The van der Waals surface area contributed by atoms with E-state index in [2.05, 4.69) is 20.3 Å². The summed E-state index contributed by atoms with van der Waals surface area (Å²) in [7, 11) is 2.85. The van der Waals surface area contributed by atoms with Crippen LogP contribution in [-0.2, 0) is 18.5 Å². The predicted octanol–water partition coefficient (Wildman–Crippen LogP) is 3.00. The van der Waals surface area contributed by atoms with Crippen molar-refractivity contribution in [2.45, 2.75) is 6.73 Å². The first-order valence-corrected chi connectivity index (χ1v) is 8.68. The number of halogens is 2. The fraction of sp³-hybridized carbons (Fsp3) is 0.176. The van der Waals surface area contributed by atoms with Crippen LogP contribution in [0.15, 0.2) is 36.7 Å². The summed E-state index contributed by atoms with van der Waals surface area (Å²) in [5.74, 6) is -0.857. The highest BCUT2D eigenvalue weighted by atomic mass is 35.5. The van der Waals surface area contributed by atoms with Crippen molar-refractivity contribution in [1.29, 1.82) is 0 Å². The number of para-hydroxylation sites is 1. The molecule has 28 heavy (non-hydrogen) atoms. The number of amides is 1. The number of aromatic nitrogens is 4. The van der Waals surface area contributed by atoms with E-state index in [-0.39, 0.29) is 23.8 Å². The number of nitrogens with one attached hydrogen (secondary N) is 1. The number of carbonyl (C=O) groups is 2. The largest absolute Gasteiger partial charge is 0.468 e. The minimum atomic E-state index is -0.661. The molecule has 0 aliphatic heterocycles. The molecule has 0 aliphatic rings. The Labute approximate surface area is 169 Å². The average molecular weight is 424 g/mol. The Hall–Kier alpha value is -3.04. The van der Waals surface area contributed by atoms with Gasteiger partial charge >= 0.3 is 5.97 Å². The number of hydrogen-bond donors (Lipinski definition) is 1. The van der Waals surface area contributed by atoms with Gasteiger partial charge < -0.3 is 14.8 Å². The summed E-state index contributed by atoms with van der Waals surface area (Å²) in [5.41, 5.74) is 0.330. The molecule has 0 saturated carbocycles. The average Bonchev–Trinajstić information content (AvgIpc) is 3.27. The van der Waals surface area contributed by atoms with Crippen molar-refractivity contribution in [2.75, 3.05) is 12.4 Å². The van der Waals surface area contributed by atoms with Crippen molar-refractivity contribution in [3.8, 4) is 5.75 Å². The zero-order valence-electron chi connectivity index (χ0n) is 14.8. The van der Waals surface area contributed by atoms with Gasteiger partial charge in [-0.05, 0) is 18.2 Å². The molecule has 1 N–H and O–H groups in total. The van der Waals surface area contributed by atoms with E-state index in [4.69, 9.17) is 27.9 Å². The number of carbonyl (C=O) groups excluding carboxylic acids is 2. The Morgan fingerprint density at radius 2 is 1.89 bits per heavy atom. The lowest BCUT2D eigenvalue weighted by Gasteiger charge is -2.09. The number of hydrogen-bond acceptors (Lipinski definition) is 6. The number of ether oxygens (including phenoxy) is 2. The van der Waals surface area contributed by atoms with Gasteiger partial charge in [0.05, 0.1) is 22.8 Å². The SMILES string of the molecule is COC(=O)c1nn(C)cc1NC(=O)c1ccn(COc2c(Cl)cccc2Cl)n1. The molecule has 3 aromatic rings.